The van der Waals surface area contributed by atoms with Gasteiger partial charge in [-0.15, -0.1) is 0 Å². The molecule has 0 amide bonds. The van der Waals surface area contributed by atoms with Crippen molar-refractivity contribution in [2.45, 2.75) is 45.4 Å². The zero-order valence-electron chi connectivity index (χ0n) is 18.6. The third-order valence-electron chi connectivity index (χ3n) is 6.14. The highest BCUT2D eigenvalue weighted by molar-refractivity contribution is 6.30. The first kappa shape index (κ1) is 20.9. The second-order valence-electron chi connectivity index (χ2n) is 8.58. The molecule has 0 bridgehead atoms. The number of rotatable bonds is 5. The quantitative estimate of drug-likeness (QED) is 0.419. The largest absolute Gasteiger partial charge is 0.494 e. The second kappa shape index (κ2) is 8.51. The second-order valence-corrected chi connectivity index (χ2v) is 9.01. The molecule has 2 heterocycles. The molecular formula is C27H27ClN2O2. The van der Waals surface area contributed by atoms with E-state index in [4.69, 9.17) is 26.2 Å². The number of halogens is 1. The summed E-state index contributed by atoms with van der Waals surface area (Å²) in [4.78, 5) is 0. The molecule has 0 saturated carbocycles. The molecule has 3 aromatic carbocycles. The van der Waals surface area contributed by atoms with Crippen LogP contribution in [0.1, 0.15) is 67.6 Å². The SMILES string of the molecule is CCOc1ccc(C2=NN3[C@H](C2)c2cc(Cl)ccc2O[C@H]3c2ccc(C(C)C)cc2)cc1. The lowest BCUT2D eigenvalue weighted by atomic mass is 9.95. The van der Waals surface area contributed by atoms with Crippen LogP contribution >= 0.6 is 11.6 Å². The standard InChI is InChI=1S/C27H27ClN2O2/c1-4-31-22-12-9-19(10-13-22)24-16-25-23-15-21(28)11-14-26(23)32-27(30(25)29-24)20-7-5-18(6-8-20)17(2)3/h5-15,17,25,27H,4,16H2,1-3H3/t25-,27+/m1/s1. The molecule has 2 aliphatic heterocycles. The van der Waals surface area contributed by atoms with Crippen molar-refractivity contribution in [2.75, 3.05) is 6.61 Å². The van der Waals surface area contributed by atoms with Crippen LogP contribution in [-0.4, -0.2) is 17.3 Å². The van der Waals surface area contributed by atoms with E-state index in [-0.39, 0.29) is 12.3 Å². The van der Waals surface area contributed by atoms with Crippen molar-refractivity contribution in [3.63, 3.8) is 0 Å². The first-order valence-corrected chi connectivity index (χ1v) is 11.6. The van der Waals surface area contributed by atoms with Crippen LogP contribution in [0.15, 0.2) is 71.8 Å². The number of hydrogen-bond acceptors (Lipinski definition) is 4. The van der Waals surface area contributed by atoms with E-state index in [1.54, 1.807) is 0 Å². The summed E-state index contributed by atoms with van der Waals surface area (Å²) in [6, 6.07) is 22.8. The first-order chi connectivity index (χ1) is 15.5. The molecule has 0 aromatic heterocycles. The Morgan fingerprint density at radius 1 is 1.06 bits per heavy atom. The van der Waals surface area contributed by atoms with Crippen LogP contribution < -0.4 is 9.47 Å². The lowest BCUT2D eigenvalue weighted by Crippen LogP contribution is -2.33. The topological polar surface area (TPSA) is 34.1 Å². The van der Waals surface area contributed by atoms with Gasteiger partial charge in [-0.2, -0.15) is 5.10 Å². The molecule has 0 saturated heterocycles. The Bertz CT molecular complexity index is 1140. The summed E-state index contributed by atoms with van der Waals surface area (Å²) in [6.07, 6.45) is 0.515. The van der Waals surface area contributed by atoms with E-state index in [1.807, 2.05) is 37.3 Å². The van der Waals surface area contributed by atoms with Gasteiger partial charge in [0.1, 0.15) is 11.5 Å². The van der Waals surface area contributed by atoms with Gasteiger partial charge in [0.15, 0.2) is 0 Å². The molecule has 0 fully saturated rings. The van der Waals surface area contributed by atoms with Crippen molar-refractivity contribution in [2.24, 2.45) is 5.10 Å². The number of ether oxygens (including phenoxy) is 2. The van der Waals surface area contributed by atoms with Gasteiger partial charge in [0.2, 0.25) is 6.23 Å². The molecule has 4 nitrogen and oxygen atoms in total. The monoisotopic (exact) mass is 446 g/mol. The molecule has 32 heavy (non-hydrogen) atoms. The van der Waals surface area contributed by atoms with Gasteiger partial charge < -0.3 is 9.47 Å². The fraction of sp³-hybridized carbons (Fsp3) is 0.296. The van der Waals surface area contributed by atoms with E-state index in [0.29, 0.717) is 17.5 Å². The van der Waals surface area contributed by atoms with Crippen LogP contribution in [0.3, 0.4) is 0 Å². The summed E-state index contributed by atoms with van der Waals surface area (Å²) in [5.74, 6) is 2.23. The lowest BCUT2D eigenvalue weighted by Gasteiger charge is -2.38. The molecule has 2 atom stereocenters. The normalized spacial score (nSPS) is 19.3. The lowest BCUT2D eigenvalue weighted by molar-refractivity contribution is -0.0190. The summed E-state index contributed by atoms with van der Waals surface area (Å²) in [6.45, 7) is 7.05. The highest BCUT2D eigenvalue weighted by Gasteiger charge is 2.41. The molecule has 0 radical (unpaired) electrons. The Balaban J connectivity index is 1.52. The van der Waals surface area contributed by atoms with Crippen LogP contribution in [0, 0.1) is 0 Å². The third kappa shape index (κ3) is 3.84. The molecule has 0 spiro atoms. The van der Waals surface area contributed by atoms with Crippen molar-refractivity contribution < 1.29 is 9.47 Å². The predicted octanol–water partition coefficient (Wildman–Crippen LogP) is 7.10. The van der Waals surface area contributed by atoms with Gasteiger partial charge in [0.05, 0.1) is 18.4 Å². The molecular weight excluding hydrogens is 420 g/mol. The molecule has 0 N–H and O–H groups in total. The Morgan fingerprint density at radius 2 is 1.81 bits per heavy atom. The van der Waals surface area contributed by atoms with Crippen LogP contribution in [0.4, 0.5) is 0 Å². The molecule has 2 aliphatic rings. The molecule has 164 valence electrons. The minimum Gasteiger partial charge on any atom is -0.494 e. The molecule has 0 unspecified atom stereocenters. The Labute approximate surface area is 194 Å². The summed E-state index contributed by atoms with van der Waals surface area (Å²) >= 11 is 6.34. The van der Waals surface area contributed by atoms with Gasteiger partial charge in [0, 0.05) is 22.6 Å². The minimum absolute atomic E-state index is 0.0776. The van der Waals surface area contributed by atoms with Gasteiger partial charge in [-0.25, -0.2) is 5.01 Å². The zero-order valence-corrected chi connectivity index (χ0v) is 19.3. The Kier molecular flexibility index (Phi) is 5.56. The maximum atomic E-state index is 6.46. The maximum Gasteiger partial charge on any atom is 0.213 e. The summed E-state index contributed by atoms with van der Waals surface area (Å²) in [7, 11) is 0. The molecule has 5 rings (SSSR count). The van der Waals surface area contributed by atoms with E-state index in [2.05, 4.69) is 55.3 Å². The van der Waals surface area contributed by atoms with Crippen LogP contribution in [-0.2, 0) is 0 Å². The van der Waals surface area contributed by atoms with Gasteiger partial charge in [-0.1, -0.05) is 49.7 Å². The van der Waals surface area contributed by atoms with Crippen LogP contribution in [0.2, 0.25) is 5.02 Å². The number of benzene rings is 3. The van der Waals surface area contributed by atoms with E-state index in [0.717, 1.165) is 40.3 Å². The summed E-state index contributed by atoms with van der Waals surface area (Å²) < 4.78 is 12.1. The van der Waals surface area contributed by atoms with Crippen molar-refractivity contribution >= 4 is 17.3 Å². The highest BCUT2D eigenvalue weighted by Crippen LogP contribution is 2.48. The highest BCUT2D eigenvalue weighted by atomic mass is 35.5. The average Bonchev–Trinajstić information content (AvgIpc) is 3.25. The van der Waals surface area contributed by atoms with E-state index in [9.17, 15) is 0 Å². The Hall–Kier alpha value is -2.98. The third-order valence-corrected chi connectivity index (χ3v) is 6.37. The fourth-order valence-electron chi connectivity index (χ4n) is 4.41. The molecule has 5 heteroatoms. The van der Waals surface area contributed by atoms with Crippen molar-refractivity contribution in [3.8, 4) is 11.5 Å². The predicted molar refractivity (Wildman–Crippen MR) is 129 cm³/mol. The van der Waals surface area contributed by atoms with Gasteiger partial charge in [-0.3, -0.25) is 0 Å². The minimum atomic E-state index is -0.282. The zero-order chi connectivity index (χ0) is 22.2. The summed E-state index contributed by atoms with van der Waals surface area (Å²) in [5.41, 5.74) is 5.63. The average molecular weight is 447 g/mol. The van der Waals surface area contributed by atoms with Gasteiger partial charge in [-0.05, 0) is 66.4 Å². The number of nitrogens with zero attached hydrogens (tertiary/aromatic N) is 2. The van der Waals surface area contributed by atoms with E-state index >= 15 is 0 Å². The van der Waals surface area contributed by atoms with E-state index < -0.39 is 0 Å². The van der Waals surface area contributed by atoms with Crippen molar-refractivity contribution in [1.29, 1.82) is 0 Å². The Morgan fingerprint density at radius 3 is 2.50 bits per heavy atom. The van der Waals surface area contributed by atoms with Crippen LogP contribution in [0.5, 0.6) is 11.5 Å². The van der Waals surface area contributed by atoms with Gasteiger partial charge >= 0.3 is 0 Å². The molecule has 0 aliphatic carbocycles. The van der Waals surface area contributed by atoms with Gasteiger partial charge in [0.25, 0.3) is 0 Å². The van der Waals surface area contributed by atoms with Crippen molar-refractivity contribution in [3.05, 3.63) is 94.0 Å². The first-order valence-electron chi connectivity index (χ1n) is 11.2. The summed E-state index contributed by atoms with van der Waals surface area (Å²) in [5, 5.41) is 7.84. The van der Waals surface area contributed by atoms with E-state index in [1.165, 1.54) is 5.56 Å². The smallest absolute Gasteiger partial charge is 0.213 e. The number of fused-ring (bicyclic) bond motifs is 3. The maximum absolute atomic E-state index is 6.46. The number of hydrazone groups is 1. The van der Waals surface area contributed by atoms with Crippen LogP contribution in [0.25, 0.3) is 0 Å². The fourth-order valence-corrected chi connectivity index (χ4v) is 4.59. The molecule has 3 aromatic rings. The van der Waals surface area contributed by atoms with Crippen molar-refractivity contribution in [1.82, 2.24) is 5.01 Å². The number of hydrogen-bond donors (Lipinski definition) is 0.